The topological polar surface area (TPSA) is 108 Å². The van der Waals surface area contributed by atoms with E-state index in [0.717, 1.165) is 10.9 Å². The number of hydrogen-bond donors (Lipinski definition) is 1. The number of phenols is 1. The van der Waals surface area contributed by atoms with Gasteiger partial charge in [0, 0.05) is 0 Å². The third-order valence-corrected chi connectivity index (χ3v) is 4.13. The standard InChI is InChI=1S/C14H13N3O4S.Na/c1-2-9-7-10(22(19,20)21)8-13(14(9)18)17-15-11-5-3-4-6-12(11)16-17;/h3-8,18H,2H2,1H3,(H,19,20,21);/q;+1/p-1. The van der Waals surface area contributed by atoms with Crippen LogP contribution in [0.1, 0.15) is 12.5 Å². The van der Waals surface area contributed by atoms with Crippen LogP contribution in [0.25, 0.3) is 16.7 Å². The van der Waals surface area contributed by atoms with E-state index in [2.05, 4.69) is 10.2 Å². The first-order valence-electron chi connectivity index (χ1n) is 6.54. The fraction of sp³-hybridized carbons (Fsp3) is 0.143. The van der Waals surface area contributed by atoms with Gasteiger partial charge in [-0.2, -0.15) is 0 Å². The van der Waals surface area contributed by atoms with E-state index in [9.17, 15) is 18.1 Å². The molecule has 0 aliphatic carbocycles. The van der Waals surface area contributed by atoms with Crippen molar-refractivity contribution in [2.24, 2.45) is 0 Å². The Morgan fingerprint density at radius 2 is 1.74 bits per heavy atom. The number of fused-ring (bicyclic) bond motifs is 1. The molecule has 1 heterocycles. The molecule has 7 nitrogen and oxygen atoms in total. The van der Waals surface area contributed by atoms with Crippen LogP contribution in [-0.4, -0.2) is 33.1 Å². The quantitative estimate of drug-likeness (QED) is 0.463. The third kappa shape index (κ3) is 3.41. The Morgan fingerprint density at radius 1 is 1.17 bits per heavy atom. The van der Waals surface area contributed by atoms with E-state index in [4.69, 9.17) is 0 Å². The molecule has 0 fully saturated rings. The average molecular weight is 341 g/mol. The molecule has 1 N–H and O–H groups in total. The van der Waals surface area contributed by atoms with Crippen molar-refractivity contribution in [3.8, 4) is 11.4 Å². The van der Waals surface area contributed by atoms with Crippen LogP contribution < -0.4 is 29.6 Å². The maximum absolute atomic E-state index is 11.3. The molecule has 9 heteroatoms. The van der Waals surface area contributed by atoms with Crippen molar-refractivity contribution in [2.45, 2.75) is 18.2 Å². The van der Waals surface area contributed by atoms with Gasteiger partial charge in [0.25, 0.3) is 0 Å². The van der Waals surface area contributed by atoms with Crippen molar-refractivity contribution in [1.29, 1.82) is 0 Å². The number of benzene rings is 2. The van der Waals surface area contributed by atoms with Gasteiger partial charge in [0.05, 0.1) is 4.90 Å². The second kappa shape index (κ2) is 6.58. The molecule has 23 heavy (non-hydrogen) atoms. The van der Waals surface area contributed by atoms with E-state index < -0.39 is 15.0 Å². The summed E-state index contributed by atoms with van der Waals surface area (Å²) >= 11 is 0. The SMILES string of the molecule is CCc1cc(S(=O)(=O)[O-])cc(-n2nc3ccccc3n2)c1O.[Na+]. The maximum Gasteiger partial charge on any atom is 1.00 e. The molecule has 1 aromatic heterocycles. The van der Waals surface area contributed by atoms with Gasteiger partial charge in [-0.15, -0.1) is 15.0 Å². The van der Waals surface area contributed by atoms with Crippen molar-refractivity contribution in [3.63, 3.8) is 0 Å². The number of hydrogen-bond acceptors (Lipinski definition) is 6. The van der Waals surface area contributed by atoms with Crippen molar-refractivity contribution < 1.29 is 47.6 Å². The molecule has 2 aromatic carbocycles. The summed E-state index contributed by atoms with van der Waals surface area (Å²) in [5.41, 5.74) is 1.59. The first-order chi connectivity index (χ1) is 10.4. The van der Waals surface area contributed by atoms with E-state index in [1.54, 1.807) is 31.2 Å². The monoisotopic (exact) mass is 341 g/mol. The first-order valence-corrected chi connectivity index (χ1v) is 7.95. The Morgan fingerprint density at radius 3 is 2.22 bits per heavy atom. The molecule has 3 rings (SSSR count). The number of aryl methyl sites for hydroxylation is 1. The van der Waals surface area contributed by atoms with Crippen LogP contribution >= 0.6 is 0 Å². The molecule has 3 aromatic rings. The van der Waals surface area contributed by atoms with Gasteiger partial charge in [-0.05, 0) is 36.2 Å². The van der Waals surface area contributed by atoms with Crippen LogP contribution in [0.3, 0.4) is 0 Å². The average Bonchev–Trinajstić information content (AvgIpc) is 2.89. The summed E-state index contributed by atoms with van der Waals surface area (Å²) in [7, 11) is -4.64. The first kappa shape index (κ1) is 17.9. The molecule has 114 valence electrons. The smallest absolute Gasteiger partial charge is 0.744 e. The van der Waals surface area contributed by atoms with Crippen molar-refractivity contribution >= 4 is 21.2 Å². The van der Waals surface area contributed by atoms with Gasteiger partial charge in [0.2, 0.25) is 0 Å². The van der Waals surface area contributed by atoms with Crippen LogP contribution in [0.2, 0.25) is 0 Å². The molecule has 0 saturated carbocycles. The van der Waals surface area contributed by atoms with Crippen LogP contribution in [0.15, 0.2) is 41.3 Å². The summed E-state index contributed by atoms with van der Waals surface area (Å²) in [4.78, 5) is 0.715. The number of nitrogens with zero attached hydrogens (tertiary/aromatic N) is 3. The van der Waals surface area contributed by atoms with Crippen molar-refractivity contribution in [3.05, 3.63) is 42.0 Å². The fourth-order valence-electron chi connectivity index (χ4n) is 2.18. The molecule has 0 aliphatic heterocycles. The Bertz CT molecular complexity index is 936. The Kier molecular flexibility index (Phi) is 5.12. The van der Waals surface area contributed by atoms with Gasteiger partial charge in [0.1, 0.15) is 32.6 Å². The Hall–Kier alpha value is -1.45. The van der Waals surface area contributed by atoms with Crippen LogP contribution in [0, 0.1) is 0 Å². The summed E-state index contributed by atoms with van der Waals surface area (Å²) in [5.74, 6) is -0.143. The zero-order valence-electron chi connectivity index (χ0n) is 12.6. The molecular formula is C14H12N3NaO4S. The van der Waals surface area contributed by atoms with Gasteiger partial charge >= 0.3 is 29.6 Å². The molecule has 0 atom stereocenters. The fourth-order valence-corrected chi connectivity index (χ4v) is 2.73. The summed E-state index contributed by atoms with van der Waals surface area (Å²) in [5, 5.41) is 18.6. The van der Waals surface area contributed by atoms with E-state index in [-0.39, 0.29) is 41.0 Å². The minimum absolute atomic E-state index is 0. The predicted octanol–water partition coefficient (Wildman–Crippen LogP) is -1.40. The van der Waals surface area contributed by atoms with Gasteiger partial charge in [-0.25, -0.2) is 8.42 Å². The Balaban J connectivity index is 0.00000192. The van der Waals surface area contributed by atoms with Gasteiger partial charge in [0.15, 0.2) is 0 Å². The minimum atomic E-state index is -4.64. The van der Waals surface area contributed by atoms with E-state index in [1.807, 2.05) is 0 Å². The molecule has 0 saturated heterocycles. The zero-order chi connectivity index (χ0) is 15.9. The van der Waals surface area contributed by atoms with Crippen molar-refractivity contribution in [1.82, 2.24) is 15.0 Å². The summed E-state index contributed by atoms with van der Waals surface area (Å²) in [6.07, 6.45) is 0.364. The van der Waals surface area contributed by atoms with Crippen LogP contribution in [0.5, 0.6) is 5.75 Å². The normalized spacial score (nSPS) is 11.4. The number of aromatic nitrogens is 3. The second-order valence-corrected chi connectivity index (χ2v) is 6.12. The number of rotatable bonds is 3. The van der Waals surface area contributed by atoms with E-state index in [1.165, 1.54) is 6.07 Å². The van der Waals surface area contributed by atoms with Gasteiger partial charge in [-0.1, -0.05) is 19.1 Å². The minimum Gasteiger partial charge on any atom is -0.744 e. The number of aromatic hydroxyl groups is 1. The van der Waals surface area contributed by atoms with Gasteiger partial charge < -0.3 is 9.66 Å². The zero-order valence-corrected chi connectivity index (χ0v) is 15.4. The number of phenolic OH excluding ortho intramolecular Hbond substituents is 1. The van der Waals surface area contributed by atoms with E-state index in [0.29, 0.717) is 23.0 Å². The molecule has 0 bridgehead atoms. The summed E-state index contributed by atoms with van der Waals surface area (Å²) in [6.45, 7) is 1.74. The molecule has 0 amide bonds. The third-order valence-electron chi connectivity index (χ3n) is 3.31. The Labute approximate surface area is 155 Å². The molecule has 0 spiro atoms. The summed E-state index contributed by atoms with van der Waals surface area (Å²) in [6, 6.07) is 9.31. The summed E-state index contributed by atoms with van der Waals surface area (Å²) < 4.78 is 33.8. The van der Waals surface area contributed by atoms with Crippen molar-refractivity contribution in [2.75, 3.05) is 0 Å². The predicted molar refractivity (Wildman–Crippen MR) is 77.9 cm³/mol. The van der Waals surface area contributed by atoms with Gasteiger partial charge in [-0.3, -0.25) is 0 Å². The molecule has 0 unspecified atom stereocenters. The van der Waals surface area contributed by atoms with Crippen LogP contribution in [-0.2, 0) is 16.5 Å². The van der Waals surface area contributed by atoms with E-state index >= 15 is 0 Å². The molecule has 0 radical (unpaired) electrons. The molecular weight excluding hydrogens is 329 g/mol. The maximum atomic E-state index is 11.3. The molecule has 0 aliphatic rings. The largest absolute Gasteiger partial charge is 1.00 e. The van der Waals surface area contributed by atoms with Crippen LogP contribution in [0.4, 0.5) is 0 Å². The second-order valence-electron chi connectivity index (χ2n) is 4.74.